The first kappa shape index (κ1) is 26.4. The van der Waals surface area contributed by atoms with Crippen molar-refractivity contribution in [3.05, 3.63) is 49.1 Å². The predicted molar refractivity (Wildman–Crippen MR) is 122 cm³/mol. The Bertz CT molecular complexity index is 873. The van der Waals surface area contributed by atoms with Gasteiger partial charge in [0.15, 0.2) is 0 Å². The van der Waals surface area contributed by atoms with Gasteiger partial charge in [0.2, 0.25) is 11.8 Å². The average molecular weight is 446 g/mol. The van der Waals surface area contributed by atoms with E-state index >= 15 is 0 Å². The van der Waals surface area contributed by atoms with E-state index in [-0.39, 0.29) is 35.7 Å². The van der Waals surface area contributed by atoms with Gasteiger partial charge in [-0.2, -0.15) is 0 Å². The van der Waals surface area contributed by atoms with E-state index in [0.717, 1.165) is 0 Å². The fraction of sp³-hybridized carbons (Fsp3) is 0.391. The molecule has 0 aliphatic heterocycles. The number of methoxy groups -OCH3 is 1. The van der Waals surface area contributed by atoms with Gasteiger partial charge in [0.1, 0.15) is 11.6 Å². The molecule has 0 spiro atoms. The van der Waals surface area contributed by atoms with Crippen molar-refractivity contribution < 1.29 is 28.7 Å². The van der Waals surface area contributed by atoms with Gasteiger partial charge in [0, 0.05) is 6.42 Å². The van der Waals surface area contributed by atoms with Crippen molar-refractivity contribution in [3.8, 4) is 0 Å². The third-order valence-electron chi connectivity index (χ3n) is 3.96. The van der Waals surface area contributed by atoms with Crippen LogP contribution in [0, 0.1) is 0 Å². The Hall–Kier alpha value is -3.62. The largest absolute Gasteiger partial charge is 0.465 e. The first-order valence-electron chi connectivity index (χ1n) is 10.0. The summed E-state index contributed by atoms with van der Waals surface area (Å²) in [7, 11) is 1.24. The SMILES string of the molecule is C=CCCC(=O)Nc1cc(C(=O)OC)ccc1NC(=O)C(CC=C)NC(=O)OC(C)(C)C. The van der Waals surface area contributed by atoms with Crippen molar-refractivity contribution in [2.45, 2.75) is 51.7 Å². The number of hydrogen-bond donors (Lipinski definition) is 3. The van der Waals surface area contributed by atoms with Crippen LogP contribution in [-0.4, -0.2) is 42.6 Å². The second-order valence-electron chi connectivity index (χ2n) is 7.84. The van der Waals surface area contributed by atoms with Gasteiger partial charge in [-0.1, -0.05) is 12.2 Å². The third-order valence-corrected chi connectivity index (χ3v) is 3.96. The highest BCUT2D eigenvalue weighted by molar-refractivity contribution is 6.03. The van der Waals surface area contributed by atoms with Gasteiger partial charge in [-0.15, -0.1) is 13.2 Å². The molecule has 0 bridgehead atoms. The molecule has 0 saturated carbocycles. The van der Waals surface area contributed by atoms with E-state index in [4.69, 9.17) is 9.47 Å². The Balaban J connectivity index is 3.11. The Morgan fingerprint density at radius 2 is 1.75 bits per heavy atom. The minimum Gasteiger partial charge on any atom is -0.465 e. The summed E-state index contributed by atoms with van der Waals surface area (Å²) in [5, 5.41) is 7.84. The molecular weight excluding hydrogens is 414 g/mol. The summed E-state index contributed by atoms with van der Waals surface area (Å²) in [5.41, 5.74) is -0.0788. The molecule has 0 fully saturated rings. The number of ether oxygens (including phenoxy) is 2. The molecule has 0 heterocycles. The third kappa shape index (κ3) is 9.03. The minimum absolute atomic E-state index is 0.145. The van der Waals surface area contributed by atoms with Gasteiger partial charge in [-0.3, -0.25) is 9.59 Å². The molecular formula is C23H31N3O6. The number of hydrogen-bond acceptors (Lipinski definition) is 6. The highest BCUT2D eigenvalue weighted by atomic mass is 16.6. The van der Waals surface area contributed by atoms with Crippen LogP contribution in [0.3, 0.4) is 0 Å². The lowest BCUT2D eigenvalue weighted by molar-refractivity contribution is -0.118. The second-order valence-corrected chi connectivity index (χ2v) is 7.84. The molecule has 3 N–H and O–H groups in total. The van der Waals surface area contributed by atoms with Crippen molar-refractivity contribution in [1.82, 2.24) is 5.32 Å². The zero-order chi connectivity index (χ0) is 24.3. The molecule has 0 aromatic heterocycles. The smallest absolute Gasteiger partial charge is 0.408 e. The molecule has 1 rings (SSSR count). The van der Waals surface area contributed by atoms with E-state index in [1.165, 1.54) is 31.4 Å². The van der Waals surface area contributed by atoms with Gasteiger partial charge in [0.25, 0.3) is 0 Å². The number of esters is 1. The minimum atomic E-state index is -0.966. The van der Waals surface area contributed by atoms with E-state index in [9.17, 15) is 19.2 Å². The molecule has 1 unspecified atom stereocenters. The van der Waals surface area contributed by atoms with Crippen LogP contribution < -0.4 is 16.0 Å². The monoisotopic (exact) mass is 445 g/mol. The summed E-state index contributed by atoms with van der Waals surface area (Å²) in [6.45, 7) is 12.3. The number of amides is 3. The van der Waals surface area contributed by atoms with Crippen molar-refractivity contribution in [1.29, 1.82) is 0 Å². The highest BCUT2D eigenvalue weighted by Gasteiger charge is 2.24. The van der Waals surface area contributed by atoms with E-state index in [0.29, 0.717) is 6.42 Å². The molecule has 0 aliphatic carbocycles. The summed E-state index contributed by atoms with van der Waals surface area (Å²) >= 11 is 0. The summed E-state index contributed by atoms with van der Waals surface area (Å²) < 4.78 is 9.91. The van der Waals surface area contributed by atoms with Gasteiger partial charge >= 0.3 is 12.1 Å². The van der Waals surface area contributed by atoms with Crippen molar-refractivity contribution in [3.63, 3.8) is 0 Å². The van der Waals surface area contributed by atoms with Gasteiger partial charge < -0.3 is 25.4 Å². The van der Waals surface area contributed by atoms with Gasteiger partial charge in [0.05, 0.1) is 24.0 Å². The summed E-state index contributed by atoms with van der Waals surface area (Å²) in [6.07, 6.45) is 3.13. The second kappa shape index (κ2) is 12.3. The predicted octanol–water partition coefficient (Wildman–Crippen LogP) is 3.79. The van der Waals surface area contributed by atoms with Crippen LogP contribution in [-0.2, 0) is 19.1 Å². The molecule has 32 heavy (non-hydrogen) atoms. The average Bonchev–Trinajstić information content (AvgIpc) is 2.71. The number of alkyl carbamates (subject to hydrolysis) is 1. The number of allylic oxidation sites excluding steroid dienone is 1. The lowest BCUT2D eigenvalue weighted by Gasteiger charge is -2.23. The number of anilines is 2. The first-order valence-corrected chi connectivity index (χ1v) is 10.0. The van der Waals surface area contributed by atoms with E-state index in [1.807, 2.05) is 0 Å². The Kier molecular flexibility index (Phi) is 10.1. The van der Waals surface area contributed by atoms with E-state index in [1.54, 1.807) is 26.8 Å². The molecule has 0 radical (unpaired) electrons. The maximum atomic E-state index is 12.8. The summed E-state index contributed by atoms with van der Waals surface area (Å²) in [6, 6.07) is 3.35. The van der Waals surface area contributed by atoms with Gasteiger partial charge in [-0.05, 0) is 51.8 Å². The zero-order valence-electron chi connectivity index (χ0n) is 18.9. The fourth-order valence-corrected chi connectivity index (χ4v) is 2.52. The summed E-state index contributed by atoms with van der Waals surface area (Å²) in [4.78, 5) is 49.0. The number of carbonyl (C=O) groups excluding carboxylic acids is 4. The van der Waals surface area contributed by atoms with E-state index < -0.39 is 29.6 Å². The lowest BCUT2D eigenvalue weighted by atomic mass is 10.1. The van der Waals surface area contributed by atoms with Crippen LogP contribution in [0.1, 0.15) is 50.4 Å². The summed E-state index contributed by atoms with van der Waals surface area (Å²) in [5.74, 6) is -1.47. The fourth-order valence-electron chi connectivity index (χ4n) is 2.52. The van der Waals surface area contributed by atoms with Crippen LogP contribution in [0.25, 0.3) is 0 Å². The normalized spacial score (nSPS) is 11.5. The van der Waals surface area contributed by atoms with Crippen LogP contribution in [0.4, 0.5) is 16.2 Å². The van der Waals surface area contributed by atoms with Crippen LogP contribution in [0.5, 0.6) is 0 Å². The zero-order valence-corrected chi connectivity index (χ0v) is 18.9. The molecule has 3 amide bonds. The number of benzene rings is 1. The van der Waals surface area contributed by atoms with Gasteiger partial charge in [-0.25, -0.2) is 9.59 Å². The molecule has 174 valence electrons. The van der Waals surface area contributed by atoms with Crippen LogP contribution in [0.15, 0.2) is 43.5 Å². The number of carbonyl (C=O) groups is 4. The number of nitrogens with one attached hydrogen (secondary N) is 3. The molecule has 9 nitrogen and oxygen atoms in total. The van der Waals surface area contributed by atoms with Crippen molar-refractivity contribution in [2.24, 2.45) is 0 Å². The first-order chi connectivity index (χ1) is 15.0. The van der Waals surface area contributed by atoms with Crippen LogP contribution >= 0.6 is 0 Å². The molecule has 9 heteroatoms. The van der Waals surface area contributed by atoms with Crippen molar-refractivity contribution in [2.75, 3.05) is 17.7 Å². The lowest BCUT2D eigenvalue weighted by Crippen LogP contribution is -2.45. The molecule has 0 saturated heterocycles. The Labute approximate surface area is 188 Å². The van der Waals surface area contributed by atoms with Crippen molar-refractivity contribution >= 4 is 35.3 Å². The maximum absolute atomic E-state index is 12.8. The molecule has 1 aromatic carbocycles. The quantitative estimate of drug-likeness (QED) is 0.372. The molecule has 0 aliphatic rings. The van der Waals surface area contributed by atoms with Crippen LogP contribution in [0.2, 0.25) is 0 Å². The molecule has 1 atom stereocenters. The van der Waals surface area contributed by atoms with E-state index in [2.05, 4.69) is 29.1 Å². The maximum Gasteiger partial charge on any atom is 0.408 e. The standard InChI is InChI=1S/C23H31N3O6/c1-7-9-11-19(27)24-18-14-15(21(29)31-6)12-13-16(18)25-20(28)17(10-8-2)26-22(30)32-23(3,4)5/h7-8,12-14,17H,1-2,9-11H2,3-6H3,(H,24,27)(H,25,28)(H,26,30). The molecule has 1 aromatic rings. The Morgan fingerprint density at radius 1 is 1.06 bits per heavy atom. The number of rotatable bonds is 10. The Morgan fingerprint density at radius 3 is 2.31 bits per heavy atom. The highest BCUT2D eigenvalue weighted by Crippen LogP contribution is 2.25. The topological polar surface area (TPSA) is 123 Å².